The molecule has 22 heavy (non-hydrogen) atoms. The lowest BCUT2D eigenvalue weighted by atomic mass is 10.1. The van der Waals surface area contributed by atoms with Crippen LogP contribution in [0.15, 0.2) is 18.2 Å². The van der Waals surface area contributed by atoms with Crippen molar-refractivity contribution >= 4 is 18.3 Å². The summed E-state index contributed by atoms with van der Waals surface area (Å²) in [4.78, 5) is 14.0. The Morgan fingerprint density at radius 2 is 2.18 bits per heavy atom. The molecule has 0 aromatic heterocycles. The first kappa shape index (κ1) is 16.9. The molecule has 2 aliphatic heterocycles. The first-order valence-electron chi connectivity index (χ1n) is 7.16. The van der Waals surface area contributed by atoms with Gasteiger partial charge in [-0.15, -0.1) is 12.4 Å². The first-order chi connectivity index (χ1) is 10.2. The van der Waals surface area contributed by atoms with Gasteiger partial charge in [-0.1, -0.05) is 6.07 Å². The van der Waals surface area contributed by atoms with E-state index in [0.717, 1.165) is 30.2 Å². The van der Waals surface area contributed by atoms with Gasteiger partial charge in [0, 0.05) is 32.6 Å². The predicted octanol–water partition coefficient (Wildman–Crippen LogP) is 1.17. The quantitative estimate of drug-likeness (QED) is 0.899. The topological polar surface area (TPSA) is 60.0 Å². The van der Waals surface area contributed by atoms with Gasteiger partial charge in [0.1, 0.15) is 0 Å². The summed E-state index contributed by atoms with van der Waals surface area (Å²) in [6, 6.07) is 5.88. The largest absolute Gasteiger partial charge is 0.454 e. The number of morpholine rings is 1. The zero-order valence-electron chi connectivity index (χ0n) is 12.5. The van der Waals surface area contributed by atoms with Gasteiger partial charge >= 0.3 is 0 Å². The van der Waals surface area contributed by atoms with E-state index in [-0.39, 0.29) is 31.1 Å². The van der Waals surface area contributed by atoms with Gasteiger partial charge in [0.2, 0.25) is 12.7 Å². The van der Waals surface area contributed by atoms with Crippen LogP contribution in [0.3, 0.4) is 0 Å². The number of nitrogens with zero attached hydrogens (tertiary/aromatic N) is 1. The molecule has 1 aromatic carbocycles. The van der Waals surface area contributed by atoms with E-state index in [0.29, 0.717) is 19.6 Å². The molecule has 1 saturated heterocycles. The number of carbonyl (C=O) groups is 1. The summed E-state index contributed by atoms with van der Waals surface area (Å²) in [6.45, 7) is 2.95. The van der Waals surface area contributed by atoms with Crippen LogP contribution in [0.4, 0.5) is 0 Å². The first-order valence-corrected chi connectivity index (χ1v) is 7.16. The van der Waals surface area contributed by atoms with Gasteiger partial charge in [-0.3, -0.25) is 4.79 Å². The average Bonchev–Trinajstić information content (AvgIpc) is 2.95. The zero-order valence-corrected chi connectivity index (χ0v) is 13.4. The average molecular weight is 329 g/mol. The number of benzene rings is 1. The minimum atomic E-state index is 0. The Kier molecular flexibility index (Phi) is 5.88. The maximum atomic E-state index is 12.2. The van der Waals surface area contributed by atoms with E-state index in [2.05, 4.69) is 5.32 Å². The van der Waals surface area contributed by atoms with Crippen molar-refractivity contribution in [3.8, 4) is 11.5 Å². The lowest BCUT2D eigenvalue weighted by Gasteiger charge is -2.25. The highest BCUT2D eigenvalue weighted by atomic mass is 35.5. The summed E-state index contributed by atoms with van der Waals surface area (Å²) >= 11 is 0. The maximum Gasteiger partial charge on any atom is 0.231 e. The second-order valence-electron chi connectivity index (χ2n) is 5.37. The van der Waals surface area contributed by atoms with Gasteiger partial charge in [0.05, 0.1) is 13.2 Å². The van der Waals surface area contributed by atoms with Crippen LogP contribution in [0.25, 0.3) is 0 Å². The molecule has 122 valence electrons. The SMILES string of the molecule is CN(Cc1ccc2c(c1)OCO2)C(=O)CC1COCCN1.Cl. The standard InChI is InChI=1S/C15H20N2O4.ClH/c1-17(15(18)7-12-9-19-5-4-16-12)8-11-2-3-13-14(6-11)21-10-20-13;/h2-3,6,12,16H,4-5,7-10H2,1H3;1H. The summed E-state index contributed by atoms with van der Waals surface area (Å²) in [6.07, 6.45) is 0.459. The van der Waals surface area contributed by atoms with Gasteiger partial charge < -0.3 is 24.4 Å². The zero-order chi connectivity index (χ0) is 14.7. The fraction of sp³-hybridized carbons (Fsp3) is 0.533. The molecule has 1 amide bonds. The van der Waals surface area contributed by atoms with E-state index in [1.807, 2.05) is 25.2 Å². The number of hydrogen-bond donors (Lipinski definition) is 1. The van der Waals surface area contributed by atoms with E-state index < -0.39 is 0 Å². The fourth-order valence-electron chi connectivity index (χ4n) is 2.52. The van der Waals surface area contributed by atoms with Crippen LogP contribution in [-0.2, 0) is 16.1 Å². The van der Waals surface area contributed by atoms with Crippen molar-refractivity contribution in [3.63, 3.8) is 0 Å². The number of halogens is 1. The van der Waals surface area contributed by atoms with Gasteiger partial charge in [-0.25, -0.2) is 0 Å². The van der Waals surface area contributed by atoms with Crippen LogP contribution in [0.2, 0.25) is 0 Å². The highest BCUT2D eigenvalue weighted by Crippen LogP contribution is 2.32. The van der Waals surface area contributed by atoms with Crippen LogP contribution in [0.5, 0.6) is 11.5 Å². The Labute approximate surface area is 136 Å². The third-order valence-electron chi connectivity index (χ3n) is 3.70. The van der Waals surface area contributed by atoms with Gasteiger partial charge in [0.15, 0.2) is 11.5 Å². The molecular formula is C15H21ClN2O4. The number of fused-ring (bicyclic) bond motifs is 1. The molecule has 0 bridgehead atoms. The molecule has 0 radical (unpaired) electrons. The Hall–Kier alpha value is -1.50. The Bertz CT molecular complexity index is 520. The molecule has 0 spiro atoms. The summed E-state index contributed by atoms with van der Waals surface area (Å²) < 4.78 is 16.0. The van der Waals surface area contributed by atoms with Gasteiger partial charge in [-0.05, 0) is 17.7 Å². The summed E-state index contributed by atoms with van der Waals surface area (Å²) in [7, 11) is 1.82. The number of nitrogens with one attached hydrogen (secondary N) is 1. The lowest BCUT2D eigenvalue weighted by molar-refractivity contribution is -0.131. The molecule has 6 nitrogen and oxygen atoms in total. The minimum absolute atomic E-state index is 0. The Morgan fingerprint density at radius 3 is 2.95 bits per heavy atom. The molecule has 2 heterocycles. The molecule has 1 fully saturated rings. The van der Waals surface area contributed by atoms with Crippen molar-refractivity contribution in [2.45, 2.75) is 19.0 Å². The van der Waals surface area contributed by atoms with E-state index in [9.17, 15) is 4.79 Å². The smallest absolute Gasteiger partial charge is 0.231 e. The highest BCUT2D eigenvalue weighted by molar-refractivity contribution is 5.85. The maximum absolute atomic E-state index is 12.2. The summed E-state index contributed by atoms with van der Waals surface area (Å²) in [5.74, 6) is 1.61. The molecular weight excluding hydrogens is 308 g/mol. The number of carbonyl (C=O) groups excluding carboxylic acids is 1. The van der Waals surface area contributed by atoms with E-state index in [4.69, 9.17) is 14.2 Å². The molecule has 1 unspecified atom stereocenters. The molecule has 7 heteroatoms. The van der Waals surface area contributed by atoms with Crippen molar-refractivity contribution in [1.82, 2.24) is 10.2 Å². The van der Waals surface area contributed by atoms with Crippen LogP contribution < -0.4 is 14.8 Å². The fourth-order valence-corrected chi connectivity index (χ4v) is 2.52. The minimum Gasteiger partial charge on any atom is -0.454 e. The van der Waals surface area contributed by atoms with Crippen molar-refractivity contribution in [3.05, 3.63) is 23.8 Å². The number of rotatable bonds is 4. The highest BCUT2D eigenvalue weighted by Gasteiger charge is 2.20. The van der Waals surface area contributed by atoms with Crippen molar-refractivity contribution in [2.75, 3.05) is 33.6 Å². The molecule has 0 saturated carbocycles. The number of amides is 1. The van der Waals surface area contributed by atoms with Crippen LogP contribution in [-0.4, -0.2) is 50.4 Å². The Balaban J connectivity index is 0.00000176. The third kappa shape index (κ3) is 4.03. The molecule has 3 rings (SSSR count). The van der Waals surface area contributed by atoms with Crippen LogP contribution >= 0.6 is 12.4 Å². The third-order valence-corrected chi connectivity index (χ3v) is 3.70. The monoisotopic (exact) mass is 328 g/mol. The lowest BCUT2D eigenvalue weighted by Crippen LogP contribution is -2.44. The van der Waals surface area contributed by atoms with E-state index in [1.165, 1.54) is 0 Å². The van der Waals surface area contributed by atoms with Crippen molar-refractivity contribution in [1.29, 1.82) is 0 Å². The molecule has 1 atom stereocenters. The van der Waals surface area contributed by atoms with Crippen LogP contribution in [0.1, 0.15) is 12.0 Å². The van der Waals surface area contributed by atoms with E-state index >= 15 is 0 Å². The molecule has 1 aromatic rings. The number of ether oxygens (including phenoxy) is 3. The van der Waals surface area contributed by atoms with Gasteiger partial charge in [-0.2, -0.15) is 0 Å². The van der Waals surface area contributed by atoms with Crippen molar-refractivity contribution < 1.29 is 19.0 Å². The Morgan fingerprint density at radius 1 is 1.36 bits per heavy atom. The second-order valence-corrected chi connectivity index (χ2v) is 5.37. The van der Waals surface area contributed by atoms with Crippen molar-refractivity contribution in [2.24, 2.45) is 0 Å². The normalized spacial score (nSPS) is 19.4. The summed E-state index contributed by atoms with van der Waals surface area (Å²) in [5.41, 5.74) is 1.03. The summed E-state index contributed by atoms with van der Waals surface area (Å²) in [5, 5.41) is 3.29. The molecule has 0 aliphatic carbocycles. The predicted molar refractivity (Wildman–Crippen MR) is 83.5 cm³/mol. The number of hydrogen-bond acceptors (Lipinski definition) is 5. The van der Waals surface area contributed by atoms with Gasteiger partial charge in [0.25, 0.3) is 0 Å². The van der Waals surface area contributed by atoms with E-state index in [1.54, 1.807) is 4.90 Å². The van der Waals surface area contributed by atoms with Crippen LogP contribution in [0, 0.1) is 0 Å². The second kappa shape index (κ2) is 7.67. The molecule has 2 aliphatic rings. The molecule has 1 N–H and O–H groups in total.